The van der Waals surface area contributed by atoms with Gasteiger partial charge in [0, 0.05) is 25.3 Å². The lowest BCUT2D eigenvalue weighted by Crippen LogP contribution is -2.39. The van der Waals surface area contributed by atoms with Crippen LogP contribution in [0, 0.1) is 11.6 Å². The highest BCUT2D eigenvalue weighted by molar-refractivity contribution is 5.78. The van der Waals surface area contributed by atoms with Gasteiger partial charge in [0.05, 0.1) is 6.54 Å². The Hall–Kier alpha value is -1.53. The second-order valence-electron chi connectivity index (χ2n) is 5.69. The van der Waals surface area contributed by atoms with Crippen LogP contribution in [0.3, 0.4) is 0 Å². The summed E-state index contributed by atoms with van der Waals surface area (Å²) in [6.07, 6.45) is 3.73. The molecule has 22 heavy (non-hydrogen) atoms. The number of nitrogens with zero attached hydrogens (tertiary/aromatic N) is 1. The molecule has 0 aromatic heterocycles. The van der Waals surface area contributed by atoms with Crippen LogP contribution in [0.2, 0.25) is 0 Å². The Balaban J connectivity index is 1.79. The molecule has 2 N–H and O–H groups in total. The van der Waals surface area contributed by atoms with Crippen molar-refractivity contribution in [1.82, 2.24) is 10.2 Å². The Bertz CT molecular complexity index is 491. The predicted molar refractivity (Wildman–Crippen MR) is 79.1 cm³/mol. The zero-order valence-electron chi connectivity index (χ0n) is 12.5. The molecule has 0 unspecified atom stereocenters. The van der Waals surface area contributed by atoms with Crippen molar-refractivity contribution in [1.29, 1.82) is 0 Å². The van der Waals surface area contributed by atoms with Crippen LogP contribution in [0.5, 0.6) is 0 Å². The first-order valence-corrected chi connectivity index (χ1v) is 7.65. The molecule has 1 saturated heterocycles. The van der Waals surface area contributed by atoms with E-state index in [0.29, 0.717) is 11.6 Å². The van der Waals surface area contributed by atoms with E-state index >= 15 is 0 Å². The van der Waals surface area contributed by atoms with Gasteiger partial charge in [-0.25, -0.2) is 8.78 Å². The standard InChI is InChI=1S/C16H22F2N2O2/c17-13-7-12(8-14(18)9-13)10-19-16(22)11-20-5-1-3-15(20)4-2-6-21/h7-9,15,21H,1-6,10-11H2,(H,19,22)/t15-/m1/s1. The second kappa shape index (κ2) is 8.19. The molecular formula is C16H22F2N2O2. The van der Waals surface area contributed by atoms with E-state index in [9.17, 15) is 13.6 Å². The number of benzene rings is 1. The van der Waals surface area contributed by atoms with Crippen molar-refractivity contribution in [3.8, 4) is 0 Å². The number of carbonyl (C=O) groups excluding carboxylic acids is 1. The third-order valence-corrected chi connectivity index (χ3v) is 3.95. The SMILES string of the molecule is O=C(CN1CCC[C@@H]1CCCO)NCc1cc(F)cc(F)c1. The van der Waals surface area contributed by atoms with Gasteiger partial charge in [0.25, 0.3) is 0 Å². The van der Waals surface area contributed by atoms with Crippen molar-refractivity contribution in [3.05, 3.63) is 35.4 Å². The molecule has 1 aliphatic heterocycles. The number of halogens is 2. The van der Waals surface area contributed by atoms with E-state index in [4.69, 9.17) is 5.11 Å². The molecule has 0 radical (unpaired) electrons. The number of hydrogen-bond donors (Lipinski definition) is 2. The minimum Gasteiger partial charge on any atom is -0.396 e. The van der Waals surface area contributed by atoms with Gasteiger partial charge in [0.2, 0.25) is 5.91 Å². The zero-order valence-corrected chi connectivity index (χ0v) is 12.5. The quantitative estimate of drug-likeness (QED) is 0.807. The molecule has 0 bridgehead atoms. The van der Waals surface area contributed by atoms with Crippen molar-refractivity contribution >= 4 is 5.91 Å². The lowest BCUT2D eigenvalue weighted by Gasteiger charge is -2.23. The maximum atomic E-state index is 13.1. The van der Waals surface area contributed by atoms with Gasteiger partial charge in [-0.15, -0.1) is 0 Å². The van der Waals surface area contributed by atoms with Crippen molar-refractivity contribution in [2.45, 2.75) is 38.3 Å². The summed E-state index contributed by atoms with van der Waals surface area (Å²) in [5.41, 5.74) is 0.407. The minimum atomic E-state index is -0.646. The van der Waals surface area contributed by atoms with Crippen molar-refractivity contribution in [2.24, 2.45) is 0 Å². The van der Waals surface area contributed by atoms with E-state index in [2.05, 4.69) is 10.2 Å². The normalized spacial score (nSPS) is 18.6. The average molecular weight is 312 g/mol. The van der Waals surface area contributed by atoms with Crippen LogP contribution in [-0.2, 0) is 11.3 Å². The fourth-order valence-electron chi connectivity index (χ4n) is 2.91. The smallest absolute Gasteiger partial charge is 0.234 e. The summed E-state index contributed by atoms with van der Waals surface area (Å²) in [5, 5.41) is 11.6. The average Bonchev–Trinajstić information content (AvgIpc) is 2.89. The first kappa shape index (κ1) is 16.8. The fraction of sp³-hybridized carbons (Fsp3) is 0.562. The topological polar surface area (TPSA) is 52.6 Å². The highest BCUT2D eigenvalue weighted by Crippen LogP contribution is 2.20. The summed E-state index contributed by atoms with van der Waals surface area (Å²) in [4.78, 5) is 14.1. The number of rotatable bonds is 7. The van der Waals surface area contributed by atoms with Gasteiger partial charge in [-0.3, -0.25) is 9.69 Å². The Morgan fingerprint density at radius 3 is 2.73 bits per heavy atom. The summed E-state index contributed by atoms with van der Waals surface area (Å²) in [6.45, 7) is 1.44. The number of carbonyl (C=O) groups is 1. The Kier molecular flexibility index (Phi) is 6.27. The summed E-state index contributed by atoms with van der Waals surface area (Å²) in [5.74, 6) is -1.44. The van der Waals surface area contributed by atoms with Gasteiger partial charge < -0.3 is 10.4 Å². The number of aliphatic hydroxyl groups is 1. The third kappa shape index (κ3) is 5.03. The lowest BCUT2D eigenvalue weighted by atomic mass is 10.1. The van der Waals surface area contributed by atoms with Crippen LogP contribution in [0.25, 0.3) is 0 Å². The molecule has 1 atom stereocenters. The molecule has 2 rings (SSSR count). The van der Waals surface area contributed by atoms with Gasteiger partial charge >= 0.3 is 0 Å². The summed E-state index contributed by atoms with van der Waals surface area (Å²) in [6, 6.07) is 3.57. The molecule has 1 fully saturated rings. The van der Waals surface area contributed by atoms with Gasteiger partial charge in [-0.05, 0) is 49.9 Å². The first-order chi connectivity index (χ1) is 10.6. The van der Waals surface area contributed by atoms with Gasteiger partial charge in [-0.2, -0.15) is 0 Å². The molecule has 1 aromatic rings. The molecule has 1 aromatic carbocycles. The number of aliphatic hydroxyl groups excluding tert-OH is 1. The maximum absolute atomic E-state index is 13.1. The maximum Gasteiger partial charge on any atom is 0.234 e. The van der Waals surface area contributed by atoms with Crippen LogP contribution in [-0.4, -0.2) is 41.7 Å². The second-order valence-corrected chi connectivity index (χ2v) is 5.69. The van der Waals surface area contributed by atoms with Crippen molar-refractivity contribution < 1.29 is 18.7 Å². The Morgan fingerprint density at radius 1 is 1.32 bits per heavy atom. The van der Waals surface area contributed by atoms with E-state index < -0.39 is 11.6 Å². The summed E-state index contributed by atoms with van der Waals surface area (Å²) < 4.78 is 26.1. The summed E-state index contributed by atoms with van der Waals surface area (Å²) in [7, 11) is 0. The largest absolute Gasteiger partial charge is 0.396 e. The molecular weight excluding hydrogens is 290 g/mol. The third-order valence-electron chi connectivity index (χ3n) is 3.95. The fourth-order valence-corrected chi connectivity index (χ4v) is 2.91. The van der Waals surface area contributed by atoms with Gasteiger partial charge in [-0.1, -0.05) is 0 Å². The molecule has 1 aliphatic rings. The van der Waals surface area contributed by atoms with E-state index in [1.807, 2.05) is 0 Å². The van der Waals surface area contributed by atoms with Crippen LogP contribution in [0.1, 0.15) is 31.2 Å². The van der Waals surface area contributed by atoms with E-state index in [1.54, 1.807) is 0 Å². The predicted octanol–water partition coefficient (Wildman–Crippen LogP) is 1.82. The first-order valence-electron chi connectivity index (χ1n) is 7.65. The number of likely N-dealkylation sites (tertiary alicyclic amines) is 1. The van der Waals surface area contributed by atoms with Crippen molar-refractivity contribution in [3.63, 3.8) is 0 Å². The molecule has 0 aliphatic carbocycles. The number of nitrogens with one attached hydrogen (secondary N) is 1. The molecule has 122 valence electrons. The van der Waals surface area contributed by atoms with Crippen LogP contribution in [0.15, 0.2) is 18.2 Å². The molecule has 6 heteroatoms. The minimum absolute atomic E-state index is 0.114. The number of hydrogen-bond acceptors (Lipinski definition) is 3. The van der Waals surface area contributed by atoms with Crippen LogP contribution >= 0.6 is 0 Å². The summed E-state index contributed by atoms with van der Waals surface area (Å²) >= 11 is 0. The lowest BCUT2D eigenvalue weighted by molar-refractivity contribution is -0.122. The van der Waals surface area contributed by atoms with Crippen LogP contribution in [0.4, 0.5) is 8.78 Å². The Morgan fingerprint density at radius 2 is 2.05 bits per heavy atom. The van der Waals surface area contributed by atoms with Crippen molar-refractivity contribution in [2.75, 3.05) is 19.7 Å². The van der Waals surface area contributed by atoms with Gasteiger partial charge in [0.1, 0.15) is 11.6 Å². The van der Waals surface area contributed by atoms with E-state index in [-0.39, 0.29) is 25.6 Å². The molecule has 0 saturated carbocycles. The van der Waals surface area contributed by atoms with E-state index in [0.717, 1.165) is 38.3 Å². The Labute approximate surface area is 129 Å². The molecule has 1 heterocycles. The molecule has 0 spiro atoms. The molecule has 1 amide bonds. The number of amides is 1. The van der Waals surface area contributed by atoms with Crippen LogP contribution < -0.4 is 5.32 Å². The monoisotopic (exact) mass is 312 g/mol. The molecule has 4 nitrogen and oxygen atoms in total. The van der Waals surface area contributed by atoms with E-state index in [1.165, 1.54) is 12.1 Å². The zero-order chi connectivity index (χ0) is 15.9. The highest BCUT2D eigenvalue weighted by Gasteiger charge is 2.25. The van der Waals surface area contributed by atoms with Gasteiger partial charge in [0.15, 0.2) is 0 Å². The highest BCUT2D eigenvalue weighted by atomic mass is 19.1.